The lowest BCUT2D eigenvalue weighted by Crippen LogP contribution is -2.47. The third-order valence-corrected chi connectivity index (χ3v) is 1.65. The molecule has 0 fully saturated rings. The first kappa shape index (κ1) is 10.1. The molecular formula is C8H6O6. The molecule has 0 aliphatic heterocycles. The van der Waals surface area contributed by atoms with Crippen LogP contribution in [0.4, 0.5) is 0 Å². The van der Waals surface area contributed by atoms with Crippen molar-refractivity contribution in [2.24, 2.45) is 0 Å². The van der Waals surface area contributed by atoms with Gasteiger partial charge in [0.15, 0.2) is 0 Å². The highest BCUT2D eigenvalue weighted by atomic mass is 16.5. The molecule has 0 atom stereocenters. The van der Waals surface area contributed by atoms with Crippen molar-refractivity contribution in [3.63, 3.8) is 0 Å². The molecule has 6 heteroatoms. The summed E-state index contributed by atoms with van der Waals surface area (Å²) in [6.07, 6.45) is 0. The summed E-state index contributed by atoms with van der Waals surface area (Å²) in [4.78, 5) is 43.9. The third kappa shape index (κ3) is 1.20. The molecule has 0 aliphatic carbocycles. The number of ether oxygens (including phenoxy) is 2. The molecule has 0 N–H and O–H groups in total. The van der Waals surface area contributed by atoms with Gasteiger partial charge in [-0.1, -0.05) is 0 Å². The fraction of sp³-hybridized carbons (Fsp3) is 0.250. The number of benzene rings is 1. The van der Waals surface area contributed by atoms with E-state index in [1.54, 1.807) is 0 Å². The minimum Gasteiger partial charge on any atom is -0.489 e. The lowest BCUT2D eigenvalue weighted by Gasteiger charge is -2.01. The first-order valence-electron chi connectivity index (χ1n) is 3.54. The normalized spacial score (nSPS) is 9.86. The topological polar surface area (TPSA) is 86.7 Å². The van der Waals surface area contributed by atoms with Gasteiger partial charge in [-0.2, -0.15) is 0 Å². The summed E-state index contributed by atoms with van der Waals surface area (Å²) in [5.41, 5.74) is -5.11. The van der Waals surface area contributed by atoms with E-state index in [1.165, 1.54) is 0 Å². The minimum atomic E-state index is -1.40. The molecule has 1 aromatic carbocycles. The smallest absolute Gasteiger partial charge is 0.281 e. The van der Waals surface area contributed by atoms with Gasteiger partial charge in [-0.3, -0.25) is 19.2 Å². The Morgan fingerprint density at radius 2 is 0.929 bits per heavy atom. The molecule has 1 rings (SSSR count). The van der Waals surface area contributed by atoms with Gasteiger partial charge in [-0.15, -0.1) is 0 Å². The largest absolute Gasteiger partial charge is 0.489 e. The summed E-state index contributed by atoms with van der Waals surface area (Å²) in [5, 5.41) is 0. The van der Waals surface area contributed by atoms with Crippen LogP contribution in [0.1, 0.15) is 0 Å². The maximum Gasteiger partial charge on any atom is 0.281 e. The molecule has 74 valence electrons. The van der Waals surface area contributed by atoms with Crippen molar-refractivity contribution < 1.29 is 9.47 Å². The van der Waals surface area contributed by atoms with E-state index < -0.39 is 33.2 Å². The maximum atomic E-state index is 11.1. The van der Waals surface area contributed by atoms with E-state index in [2.05, 4.69) is 9.47 Å². The quantitative estimate of drug-likeness (QED) is 0.512. The Morgan fingerprint density at radius 3 is 1.14 bits per heavy atom. The van der Waals surface area contributed by atoms with Crippen molar-refractivity contribution in [1.29, 1.82) is 0 Å². The molecule has 0 amide bonds. The first-order chi connectivity index (χ1) is 6.54. The maximum absolute atomic E-state index is 11.1. The van der Waals surface area contributed by atoms with Gasteiger partial charge in [0.1, 0.15) is 0 Å². The Balaban J connectivity index is 3.96. The van der Waals surface area contributed by atoms with Gasteiger partial charge in [-0.25, -0.2) is 0 Å². The average Bonchev–Trinajstić information content (AvgIpc) is 2.20. The highest BCUT2D eigenvalue weighted by Crippen LogP contribution is 2.13. The highest BCUT2D eigenvalue weighted by molar-refractivity contribution is 5.39. The van der Waals surface area contributed by atoms with E-state index in [1.807, 2.05) is 0 Å². The first-order valence-corrected chi connectivity index (χ1v) is 3.54. The second-order valence-electron chi connectivity index (χ2n) is 2.38. The molecule has 0 aliphatic rings. The SMILES string of the molecule is COc1c(OC)c(=O)c(=O)c(=O)c1=O. The Hall–Kier alpha value is -1.98. The Labute approximate surface area is 77.0 Å². The third-order valence-electron chi connectivity index (χ3n) is 1.65. The molecule has 0 bridgehead atoms. The Kier molecular flexibility index (Phi) is 2.46. The van der Waals surface area contributed by atoms with Crippen molar-refractivity contribution >= 4 is 0 Å². The summed E-state index contributed by atoms with van der Waals surface area (Å²) in [5.74, 6) is -1.05. The van der Waals surface area contributed by atoms with E-state index in [4.69, 9.17) is 0 Å². The molecule has 1 aromatic rings. The summed E-state index contributed by atoms with van der Waals surface area (Å²) in [6.45, 7) is 0. The van der Waals surface area contributed by atoms with Gasteiger partial charge < -0.3 is 9.47 Å². The molecule has 0 unspecified atom stereocenters. The van der Waals surface area contributed by atoms with E-state index >= 15 is 0 Å². The Morgan fingerprint density at radius 1 is 0.643 bits per heavy atom. The van der Waals surface area contributed by atoms with Crippen LogP contribution in [0.15, 0.2) is 19.2 Å². The van der Waals surface area contributed by atoms with Crippen molar-refractivity contribution in [2.45, 2.75) is 0 Å². The molecule has 0 heterocycles. The predicted molar refractivity (Wildman–Crippen MR) is 47.0 cm³/mol. The summed E-state index contributed by atoms with van der Waals surface area (Å²) in [7, 11) is 2.20. The van der Waals surface area contributed by atoms with Crippen LogP contribution in [0, 0.1) is 0 Å². The number of hydrogen-bond acceptors (Lipinski definition) is 6. The van der Waals surface area contributed by atoms with Gasteiger partial charge in [0.25, 0.3) is 21.7 Å². The molecule has 0 radical (unpaired) electrons. The van der Waals surface area contributed by atoms with E-state index in [0.29, 0.717) is 0 Å². The summed E-state index contributed by atoms with van der Waals surface area (Å²) < 4.78 is 9.01. The van der Waals surface area contributed by atoms with Crippen molar-refractivity contribution in [3.05, 3.63) is 40.9 Å². The monoisotopic (exact) mass is 198 g/mol. The van der Waals surface area contributed by atoms with E-state index in [0.717, 1.165) is 14.2 Å². The van der Waals surface area contributed by atoms with Crippen LogP contribution in [0.2, 0.25) is 0 Å². The van der Waals surface area contributed by atoms with Gasteiger partial charge in [0.2, 0.25) is 11.5 Å². The molecule has 14 heavy (non-hydrogen) atoms. The van der Waals surface area contributed by atoms with Gasteiger partial charge in [0, 0.05) is 0 Å². The van der Waals surface area contributed by atoms with Gasteiger partial charge in [-0.05, 0) is 0 Å². The lowest BCUT2D eigenvalue weighted by molar-refractivity contribution is 0.348. The lowest BCUT2D eigenvalue weighted by atomic mass is 10.3. The molecular weight excluding hydrogens is 192 g/mol. The van der Waals surface area contributed by atoms with Gasteiger partial charge >= 0.3 is 0 Å². The zero-order valence-electron chi connectivity index (χ0n) is 7.45. The average molecular weight is 198 g/mol. The van der Waals surface area contributed by atoms with Crippen molar-refractivity contribution in [1.82, 2.24) is 0 Å². The summed E-state index contributed by atoms with van der Waals surface area (Å²) in [6, 6.07) is 0. The molecule has 0 saturated heterocycles. The number of methoxy groups -OCH3 is 2. The summed E-state index contributed by atoms with van der Waals surface area (Å²) >= 11 is 0. The standard InChI is InChI=1S/C8H6O6/c1-13-7-5(11)3(9)4(10)6(12)8(7)14-2/h1-2H3. The van der Waals surface area contributed by atoms with E-state index in [-0.39, 0.29) is 0 Å². The van der Waals surface area contributed by atoms with Crippen LogP contribution in [-0.4, -0.2) is 14.2 Å². The molecule has 6 nitrogen and oxygen atoms in total. The van der Waals surface area contributed by atoms with Crippen LogP contribution in [-0.2, 0) is 0 Å². The predicted octanol–water partition coefficient (Wildman–Crippen LogP) is -1.98. The molecule has 0 aromatic heterocycles. The van der Waals surface area contributed by atoms with Crippen LogP contribution in [0.3, 0.4) is 0 Å². The number of rotatable bonds is 2. The second-order valence-corrected chi connectivity index (χ2v) is 2.38. The zero-order chi connectivity index (χ0) is 10.9. The van der Waals surface area contributed by atoms with Crippen molar-refractivity contribution in [2.75, 3.05) is 14.2 Å². The van der Waals surface area contributed by atoms with E-state index in [9.17, 15) is 19.2 Å². The fourth-order valence-corrected chi connectivity index (χ4v) is 0.989. The minimum absolute atomic E-state index is 0.526. The second kappa shape index (κ2) is 3.41. The van der Waals surface area contributed by atoms with Crippen LogP contribution >= 0.6 is 0 Å². The molecule has 0 saturated carbocycles. The fourth-order valence-electron chi connectivity index (χ4n) is 0.989. The Bertz CT molecular complexity index is 498. The number of hydrogen-bond donors (Lipinski definition) is 0. The van der Waals surface area contributed by atoms with Crippen LogP contribution in [0.25, 0.3) is 0 Å². The zero-order valence-corrected chi connectivity index (χ0v) is 7.45. The molecule has 0 spiro atoms. The van der Waals surface area contributed by atoms with Crippen LogP contribution in [0.5, 0.6) is 11.5 Å². The highest BCUT2D eigenvalue weighted by Gasteiger charge is 2.19. The van der Waals surface area contributed by atoms with Crippen molar-refractivity contribution in [3.8, 4) is 11.5 Å². The van der Waals surface area contributed by atoms with Crippen LogP contribution < -0.4 is 31.2 Å². The van der Waals surface area contributed by atoms with Gasteiger partial charge in [0.05, 0.1) is 14.2 Å².